The van der Waals surface area contributed by atoms with Gasteiger partial charge in [0.15, 0.2) is 0 Å². The third-order valence-corrected chi connectivity index (χ3v) is 62.2. The number of fused-ring (bicyclic) bond motifs is 2. The summed E-state index contributed by atoms with van der Waals surface area (Å²) < 4.78 is 16.6. The van der Waals surface area contributed by atoms with Crippen LogP contribution in [0.15, 0.2) is 36.4 Å². The number of benzene rings is 1. The summed E-state index contributed by atoms with van der Waals surface area (Å²) in [7, 11) is 0. The molecular weight excluding hydrogens is 1350 g/mol. The molecule has 0 N–H and O–H groups in total. The van der Waals surface area contributed by atoms with E-state index in [4.69, 9.17) is 0 Å². The van der Waals surface area contributed by atoms with Crippen LogP contribution in [-0.4, -0.2) is 36.8 Å². The molecule has 2 unspecified atom stereocenters. The molecule has 4 aromatic heterocycles. The van der Waals surface area contributed by atoms with E-state index in [0.29, 0.717) is 0 Å². The first-order valence-corrected chi connectivity index (χ1v) is 57.7. The van der Waals surface area contributed by atoms with Crippen molar-refractivity contribution in [1.29, 1.82) is 0 Å². The van der Waals surface area contributed by atoms with Crippen molar-refractivity contribution in [3.05, 3.63) is 46.2 Å². The topological polar surface area (TPSA) is 0 Å². The minimum atomic E-state index is -2.86. The number of rotatable bonds is 58. The summed E-state index contributed by atoms with van der Waals surface area (Å²) in [4.78, 5) is 6.58. The average Bonchev–Trinajstić information content (AvgIpc) is 1.59. The van der Waals surface area contributed by atoms with Gasteiger partial charge in [-0.1, -0.05) is 156 Å². The maximum absolute atomic E-state index is 2.99. The van der Waals surface area contributed by atoms with Crippen molar-refractivity contribution in [2.75, 3.05) is 0 Å². The first-order chi connectivity index (χ1) is 43.2. The first-order valence-electron chi connectivity index (χ1n) is 39.5. The van der Waals surface area contributed by atoms with Gasteiger partial charge in [-0.05, 0) is 0 Å². The zero-order chi connectivity index (χ0) is 62.9. The van der Waals surface area contributed by atoms with Crippen LogP contribution < -0.4 is 5.79 Å². The molecule has 0 aliphatic heterocycles. The Kier molecular flexibility index (Phi) is 42.9. The third-order valence-electron chi connectivity index (χ3n) is 21.2. The van der Waals surface area contributed by atoms with Crippen LogP contribution in [0.1, 0.15) is 362 Å². The molecule has 2 atom stereocenters. The molecule has 5 aromatic rings. The second-order valence-electron chi connectivity index (χ2n) is 29.0. The predicted molar refractivity (Wildman–Crippen MR) is 418 cm³/mol. The molecule has 502 valence electrons. The van der Waals surface area contributed by atoms with Gasteiger partial charge in [-0.25, -0.2) is 0 Å². The standard InChI is InChI=1S/C58H88S4.6C4H9.2Sn/c1-5-9-13-17-21-23-27-31-35-47(33-29-25-19-15-11-7-3)45-49-37-39-53(61-49)55-51-41-43-60-58(51)56(52-42-44-59-57(52)55)54-40-38-50(62-54)46-48(34-30-26-20-16-12-8-4)36-32-28-24-22-18-14-10-6-2;6*1-3-4-2;;/h37-42,47-48H,5-36,45-46H2,1-4H3;6*1,3-4H2,2H3;;. The summed E-state index contributed by atoms with van der Waals surface area (Å²) in [6.45, 7) is 24.4. The normalized spacial score (nSPS) is 13.1. The quantitative estimate of drug-likeness (QED) is 0.0269. The Morgan fingerprint density at radius 3 is 0.761 bits per heavy atom. The molecule has 0 saturated carbocycles. The van der Waals surface area contributed by atoms with E-state index < -0.39 is 36.8 Å². The molecule has 0 aliphatic rings. The van der Waals surface area contributed by atoms with Gasteiger partial charge in [-0.3, -0.25) is 0 Å². The fraction of sp³-hybridized carbons (Fsp3) is 0.780. The Morgan fingerprint density at radius 1 is 0.273 bits per heavy atom. The minimum absolute atomic E-state index is 0.816. The molecule has 0 bridgehead atoms. The summed E-state index contributed by atoms with van der Waals surface area (Å²) >= 11 is 3.59. The van der Waals surface area contributed by atoms with E-state index in [9.17, 15) is 0 Å². The molecule has 6 heteroatoms. The van der Waals surface area contributed by atoms with Crippen LogP contribution in [0.25, 0.3) is 41.1 Å². The van der Waals surface area contributed by atoms with E-state index in [0.717, 1.165) is 11.8 Å². The number of hydrogen-bond donors (Lipinski definition) is 0. The van der Waals surface area contributed by atoms with Gasteiger partial charge >= 0.3 is 422 Å². The van der Waals surface area contributed by atoms with Crippen molar-refractivity contribution >= 4 is 108 Å². The molecule has 4 heterocycles. The molecule has 0 nitrogen and oxygen atoms in total. The Labute approximate surface area is 572 Å². The monoisotopic (exact) mass is 1490 g/mol. The van der Waals surface area contributed by atoms with E-state index >= 15 is 0 Å². The Bertz CT molecular complexity index is 2210. The van der Waals surface area contributed by atoms with Crippen molar-refractivity contribution in [3.8, 4) is 20.9 Å². The van der Waals surface area contributed by atoms with E-state index in [1.807, 2.05) is 5.79 Å². The van der Waals surface area contributed by atoms with Crippen LogP contribution in [0.4, 0.5) is 0 Å². The Hall–Kier alpha value is 0.137. The number of hydrogen-bond acceptors (Lipinski definition) is 4. The van der Waals surface area contributed by atoms with Gasteiger partial charge in [-0.2, -0.15) is 0 Å². The van der Waals surface area contributed by atoms with Crippen molar-refractivity contribution < 1.29 is 0 Å². The van der Waals surface area contributed by atoms with Crippen LogP contribution in [-0.2, 0) is 12.8 Å². The first kappa shape index (κ1) is 78.8. The van der Waals surface area contributed by atoms with Crippen LogP contribution in [0, 0.1) is 11.8 Å². The number of thiophene rings is 4. The predicted octanol–water partition coefficient (Wildman–Crippen LogP) is 30.6. The fourth-order valence-corrected chi connectivity index (χ4v) is 58.6. The maximum atomic E-state index is 2.99. The molecule has 0 amide bonds. The summed E-state index contributed by atoms with van der Waals surface area (Å²) in [5.74, 6) is 1.63. The molecule has 5 rings (SSSR count). The Balaban J connectivity index is 1.73. The van der Waals surface area contributed by atoms with Gasteiger partial charge in [0, 0.05) is 0 Å². The zero-order valence-electron chi connectivity index (χ0n) is 60.0. The van der Waals surface area contributed by atoms with E-state index in [1.54, 1.807) is 77.4 Å². The average molecular weight is 1490 g/mol. The fourth-order valence-electron chi connectivity index (χ4n) is 15.4. The summed E-state index contributed by atoms with van der Waals surface area (Å²) in [6, 6.07) is 16.7. The molecule has 0 saturated heterocycles. The molecule has 0 aliphatic carbocycles. The van der Waals surface area contributed by atoms with Crippen molar-refractivity contribution in [3.63, 3.8) is 0 Å². The molecular formula is C82H142S4Sn2. The zero-order valence-corrected chi connectivity index (χ0v) is 69.0. The van der Waals surface area contributed by atoms with Crippen molar-refractivity contribution in [1.82, 2.24) is 0 Å². The molecule has 0 fully saturated rings. The van der Waals surface area contributed by atoms with Crippen molar-refractivity contribution in [2.45, 2.75) is 391 Å². The number of unbranched alkanes of at least 4 members (excludes halogenated alkanes) is 30. The SMILES string of the molecule is CCCCCCCCCCC(CCCCCCCC)Cc1ccc(-c2c3c[c]([Sn]([CH2]CCC)([CH2]CCC)[CH2]CCC)sc3c(-c3ccc(CC(CCCCCCCC)CCCCCCCCCC)s3)c3c[c]([Sn]([CH2]CCC)([CH2]CCC)[CH2]CCC)sc23)s1. The van der Waals surface area contributed by atoms with E-state index in [1.165, 1.54) is 295 Å². The summed E-state index contributed by atoms with van der Waals surface area (Å²) in [5, 5.41) is 3.36. The van der Waals surface area contributed by atoms with Gasteiger partial charge in [0.05, 0.1) is 0 Å². The second-order valence-corrected chi connectivity index (χ2v) is 61.7. The van der Waals surface area contributed by atoms with Crippen molar-refractivity contribution in [2.24, 2.45) is 11.8 Å². The second kappa shape index (κ2) is 47.9. The van der Waals surface area contributed by atoms with Crippen LogP contribution >= 0.6 is 45.3 Å². The van der Waals surface area contributed by atoms with Crippen LogP contribution in [0.5, 0.6) is 0 Å². The van der Waals surface area contributed by atoms with Crippen LogP contribution in [0.2, 0.25) is 26.6 Å². The Morgan fingerprint density at radius 2 is 0.511 bits per heavy atom. The molecule has 0 radical (unpaired) electrons. The molecule has 88 heavy (non-hydrogen) atoms. The van der Waals surface area contributed by atoms with E-state index in [2.05, 4.69) is 151 Å². The van der Waals surface area contributed by atoms with Gasteiger partial charge in [-0.15, -0.1) is 0 Å². The summed E-state index contributed by atoms with van der Waals surface area (Å²) in [6.07, 6.45) is 64.6. The molecule has 0 spiro atoms. The third kappa shape index (κ3) is 27.0. The molecule has 1 aromatic carbocycles. The van der Waals surface area contributed by atoms with E-state index in [-0.39, 0.29) is 0 Å². The van der Waals surface area contributed by atoms with Gasteiger partial charge in [0.2, 0.25) is 0 Å². The van der Waals surface area contributed by atoms with Crippen LogP contribution in [0.3, 0.4) is 0 Å². The van der Waals surface area contributed by atoms with Gasteiger partial charge in [0.25, 0.3) is 0 Å². The van der Waals surface area contributed by atoms with Gasteiger partial charge in [0.1, 0.15) is 0 Å². The summed E-state index contributed by atoms with van der Waals surface area (Å²) in [5.41, 5.74) is 3.37. The van der Waals surface area contributed by atoms with Gasteiger partial charge < -0.3 is 0 Å².